The van der Waals surface area contributed by atoms with E-state index in [1.165, 1.54) is 10.9 Å². The molecule has 2 atom stereocenters. The van der Waals surface area contributed by atoms with Gasteiger partial charge in [0.15, 0.2) is 0 Å². The average Bonchev–Trinajstić information content (AvgIpc) is 3.03. The molecule has 134 valence electrons. The molecule has 0 unspecified atom stereocenters. The fourth-order valence-electron chi connectivity index (χ4n) is 3.76. The summed E-state index contributed by atoms with van der Waals surface area (Å²) in [6.45, 7) is 3.50. The van der Waals surface area contributed by atoms with Gasteiger partial charge in [0.2, 0.25) is 5.95 Å². The second kappa shape index (κ2) is 7.38. The summed E-state index contributed by atoms with van der Waals surface area (Å²) in [5, 5.41) is 11.7. The molecule has 1 aliphatic heterocycles. The smallest absolute Gasteiger partial charge is 0.225 e. The predicted octanol–water partition coefficient (Wildman–Crippen LogP) is 3.02. The molecule has 2 aromatic heterocycles. The first-order valence-corrected chi connectivity index (χ1v) is 9.31. The van der Waals surface area contributed by atoms with Gasteiger partial charge in [-0.1, -0.05) is 31.5 Å². The highest BCUT2D eigenvalue weighted by molar-refractivity contribution is 5.81. The van der Waals surface area contributed by atoms with Crippen LogP contribution in [0.15, 0.2) is 48.9 Å². The lowest BCUT2D eigenvalue weighted by atomic mass is 9.94. The van der Waals surface area contributed by atoms with Crippen LogP contribution in [0.25, 0.3) is 10.9 Å². The summed E-state index contributed by atoms with van der Waals surface area (Å²) in [4.78, 5) is 15.5. The number of hydrogen-bond donors (Lipinski definition) is 1. The molecular formula is C21H24N4O. The van der Waals surface area contributed by atoms with Gasteiger partial charge in [-0.05, 0) is 36.1 Å². The molecular weight excluding hydrogens is 324 g/mol. The second-order valence-electron chi connectivity index (χ2n) is 7.07. The number of pyridine rings is 1. The summed E-state index contributed by atoms with van der Waals surface area (Å²) in [5.74, 6) is 0.880. The molecule has 0 amide bonds. The Kier molecular flexibility index (Phi) is 4.80. The Morgan fingerprint density at radius 3 is 2.69 bits per heavy atom. The number of anilines is 1. The van der Waals surface area contributed by atoms with Gasteiger partial charge in [-0.3, -0.25) is 4.98 Å². The van der Waals surface area contributed by atoms with Crippen LogP contribution >= 0.6 is 0 Å². The molecule has 1 fully saturated rings. The number of nitrogens with zero attached hydrogens (tertiary/aromatic N) is 4. The van der Waals surface area contributed by atoms with Crippen molar-refractivity contribution in [3.05, 3.63) is 60.0 Å². The van der Waals surface area contributed by atoms with Crippen molar-refractivity contribution in [3.63, 3.8) is 0 Å². The highest BCUT2D eigenvalue weighted by atomic mass is 16.3. The zero-order valence-corrected chi connectivity index (χ0v) is 15.0. The molecule has 1 aromatic carbocycles. The van der Waals surface area contributed by atoms with Crippen LogP contribution in [0.4, 0.5) is 5.95 Å². The van der Waals surface area contributed by atoms with E-state index in [9.17, 15) is 5.11 Å². The van der Waals surface area contributed by atoms with Crippen LogP contribution in [-0.4, -0.2) is 39.3 Å². The molecule has 5 heteroatoms. The predicted molar refractivity (Wildman–Crippen MR) is 103 cm³/mol. The number of hydrogen-bond acceptors (Lipinski definition) is 5. The highest BCUT2D eigenvalue weighted by Crippen LogP contribution is 2.27. The Labute approximate surface area is 153 Å². The Hall–Kier alpha value is -2.53. The summed E-state index contributed by atoms with van der Waals surface area (Å²) in [6.07, 6.45) is 8.21. The molecule has 5 nitrogen and oxygen atoms in total. The molecule has 3 heterocycles. The van der Waals surface area contributed by atoms with E-state index < -0.39 is 0 Å². The lowest BCUT2D eigenvalue weighted by Crippen LogP contribution is -2.23. The molecule has 4 rings (SSSR count). The number of aryl methyl sites for hydroxylation is 1. The molecule has 0 aliphatic carbocycles. The van der Waals surface area contributed by atoms with Crippen LogP contribution in [0.1, 0.15) is 24.5 Å². The SMILES string of the molecule is CCCc1cnc(N2C[C@@H](Cc3ccnc4ccccc34)[C@H](O)C2)nc1. The van der Waals surface area contributed by atoms with Gasteiger partial charge in [0.25, 0.3) is 0 Å². The van der Waals surface area contributed by atoms with Crippen molar-refractivity contribution in [1.29, 1.82) is 0 Å². The number of aromatic nitrogens is 3. The molecule has 26 heavy (non-hydrogen) atoms. The van der Waals surface area contributed by atoms with Gasteiger partial charge < -0.3 is 10.0 Å². The normalized spacial score (nSPS) is 20.0. The van der Waals surface area contributed by atoms with Gasteiger partial charge in [0, 0.05) is 43.0 Å². The van der Waals surface area contributed by atoms with Crippen molar-refractivity contribution in [1.82, 2.24) is 15.0 Å². The second-order valence-corrected chi connectivity index (χ2v) is 7.07. The quantitative estimate of drug-likeness (QED) is 0.768. The average molecular weight is 348 g/mol. The van der Waals surface area contributed by atoms with Gasteiger partial charge in [-0.15, -0.1) is 0 Å². The largest absolute Gasteiger partial charge is 0.391 e. The van der Waals surface area contributed by atoms with Crippen molar-refractivity contribution < 1.29 is 5.11 Å². The number of aliphatic hydroxyl groups excluding tert-OH is 1. The number of benzene rings is 1. The van der Waals surface area contributed by atoms with E-state index in [-0.39, 0.29) is 12.0 Å². The van der Waals surface area contributed by atoms with Gasteiger partial charge in [0.05, 0.1) is 11.6 Å². The summed E-state index contributed by atoms with van der Waals surface area (Å²) in [7, 11) is 0. The Balaban J connectivity index is 1.50. The number of β-amino-alcohol motifs (C(OH)–C–C–N with tert-alkyl or cyclic N) is 1. The number of aliphatic hydroxyl groups is 1. The van der Waals surface area contributed by atoms with Gasteiger partial charge in [-0.25, -0.2) is 9.97 Å². The van der Waals surface area contributed by atoms with Crippen LogP contribution in [-0.2, 0) is 12.8 Å². The Bertz CT molecular complexity index is 875. The van der Waals surface area contributed by atoms with Crippen LogP contribution in [0.2, 0.25) is 0 Å². The van der Waals surface area contributed by atoms with Crippen molar-refractivity contribution >= 4 is 16.9 Å². The molecule has 3 aromatic rings. The summed E-state index contributed by atoms with van der Waals surface area (Å²) in [5.41, 5.74) is 3.40. The minimum Gasteiger partial charge on any atom is -0.391 e. The number of para-hydroxylation sites is 1. The van der Waals surface area contributed by atoms with E-state index in [1.807, 2.05) is 36.8 Å². The lowest BCUT2D eigenvalue weighted by Gasteiger charge is -2.16. The van der Waals surface area contributed by atoms with E-state index in [4.69, 9.17) is 0 Å². The molecule has 1 saturated heterocycles. The van der Waals surface area contributed by atoms with Crippen molar-refractivity contribution in [2.24, 2.45) is 5.92 Å². The van der Waals surface area contributed by atoms with Crippen LogP contribution in [0.5, 0.6) is 0 Å². The first-order valence-electron chi connectivity index (χ1n) is 9.31. The van der Waals surface area contributed by atoms with Crippen LogP contribution in [0.3, 0.4) is 0 Å². The van der Waals surface area contributed by atoms with E-state index >= 15 is 0 Å². The molecule has 1 N–H and O–H groups in total. The monoisotopic (exact) mass is 348 g/mol. The zero-order valence-electron chi connectivity index (χ0n) is 15.0. The van der Waals surface area contributed by atoms with E-state index in [0.29, 0.717) is 12.5 Å². The van der Waals surface area contributed by atoms with Crippen molar-refractivity contribution in [3.8, 4) is 0 Å². The number of fused-ring (bicyclic) bond motifs is 1. The standard InChI is InChI=1S/C21H24N4O/c1-2-5-15-11-23-21(24-12-15)25-13-17(20(26)14-25)10-16-8-9-22-19-7-4-3-6-18(16)19/h3-4,6-9,11-12,17,20,26H,2,5,10,13-14H2,1H3/t17-,20-/m1/s1. The Morgan fingerprint density at radius 1 is 1.08 bits per heavy atom. The molecule has 0 spiro atoms. The third kappa shape index (κ3) is 3.40. The molecule has 0 saturated carbocycles. The molecule has 0 radical (unpaired) electrons. The van der Waals surface area contributed by atoms with E-state index in [0.717, 1.165) is 36.9 Å². The first-order chi connectivity index (χ1) is 12.7. The van der Waals surface area contributed by atoms with E-state index in [2.05, 4.69) is 38.9 Å². The van der Waals surface area contributed by atoms with Gasteiger partial charge in [0.1, 0.15) is 0 Å². The zero-order chi connectivity index (χ0) is 17.9. The van der Waals surface area contributed by atoms with Crippen molar-refractivity contribution in [2.45, 2.75) is 32.3 Å². The maximum atomic E-state index is 10.6. The summed E-state index contributed by atoms with van der Waals surface area (Å²) in [6, 6.07) is 10.2. The highest BCUT2D eigenvalue weighted by Gasteiger charge is 2.33. The third-order valence-electron chi connectivity index (χ3n) is 5.14. The molecule has 0 bridgehead atoms. The van der Waals surface area contributed by atoms with E-state index in [1.54, 1.807) is 0 Å². The van der Waals surface area contributed by atoms with Gasteiger partial charge in [-0.2, -0.15) is 0 Å². The van der Waals surface area contributed by atoms with Crippen molar-refractivity contribution in [2.75, 3.05) is 18.0 Å². The van der Waals surface area contributed by atoms with Gasteiger partial charge >= 0.3 is 0 Å². The maximum Gasteiger partial charge on any atom is 0.225 e. The summed E-state index contributed by atoms with van der Waals surface area (Å²) < 4.78 is 0. The minimum absolute atomic E-state index is 0.166. The lowest BCUT2D eigenvalue weighted by molar-refractivity contribution is 0.148. The summed E-state index contributed by atoms with van der Waals surface area (Å²) >= 11 is 0. The fraction of sp³-hybridized carbons (Fsp3) is 0.381. The topological polar surface area (TPSA) is 62.1 Å². The first kappa shape index (κ1) is 16.9. The maximum absolute atomic E-state index is 10.6. The van der Waals surface area contributed by atoms with Crippen LogP contribution < -0.4 is 4.90 Å². The molecule has 1 aliphatic rings. The Morgan fingerprint density at radius 2 is 1.88 bits per heavy atom. The number of rotatable bonds is 5. The third-order valence-corrected chi connectivity index (χ3v) is 5.14. The van der Waals surface area contributed by atoms with Crippen LogP contribution in [0, 0.1) is 5.92 Å². The minimum atomic E-state index is -0.374. The fourth-order valence-corrected chi connectivity index (χ4v) is 3.76.